The lowest BCUT2D eigenvalue weighted by Gasteiger charge is -2.24. The number of ketones is 1. The summed E-state index contributed by atoms with van der Waals surface area (Å²) in [6.07, 6.45) is 3.25. The van der Waals surface area contributed by atoms with Crippen LogP contribution in [0.15, 0.2) is 22.7 Å². The van der Waals surface area contributed by atoms with Crippen molar-refractivity contribution < 1.29 is 4.79 Å². The molecule has 0 aromatic heterocycles. The van der Waals surface area contributed by atoms with Gasteiger partial charge in [0.15, 0.2) is 5.78 Å². The van der Waals surface area contributed by atoms with Gasteiger partial charge in [-0.1, -0.05) is 18.0 Å². The molecule has 1 aromatic rings. The van der Waals surface area contributed by atoms with E-state index in [1.54, 1.807) is 18.2 Å². The smallest absolute Gasteiger partial charge is 0.167 e. The number of rotatable bonds is 2. The number of Topliss-reactive ketones (excluding diaryl/α,β-unsaturated/α-hetero) is 1. The summed E-state index contributed by atoms with van der Waals surface area (Å²) in [6, 6.07) is 5.33. The Labute approximate surface area is 96.6 Å². The number of benzene rings is 1. The van der Waals surface area contributed by atoms with Crippen LogP contribution in [0.1, 0.15) is 29.6 Å². The largest absolute Gasteiger partial charge is 0.294 e. The van der Waals surface area contributed by atoms with Gasteiger partial charge in [0.25, 0.3) is 0 Å². The van der Waals surface area contributed by atoms with Crippen molar-refractivity contribution in [3.63, 3.8) is 0 Å². The van der Waals surface area contributed by atoms with E-state index in [1.807, 2.05) is 0 Å². The summed E-state index contributed by atoms with van der Waals surface area (Å²) in [5, 5.41) is 0.655. The fourth-order valence-electron chi connectivity index (χ4n) is 1.58. The minimum atomic E-state index is 0.243. The zero-order chi connectivity index (χ0) is 10.1. The van der Waals surface area contributed by atoms with Crippen LogP contribution in [0.3, 0.4) is 0 Å². The third-order valence-electron chi connectivity index (χ3n) is 2.67. The van der Waals surface area contributed by atoms with Crippen molar-refractivity contribution in [2.75, 3.05) is 0 Å². The summed E-state index contributed by atoms with van der Waals surface area (Å²) in [6.45, 7) is 0. The Balaban J connectivity index is 2.26. The molecule has 0 heterocycles. The second-order valence-corrected chi connectivity index (χ2v) is 4.91. The van der Waals surface area contributed by atoms with Crippen LogP contribution >= 0.6 is 27.5 Å². The molecule has 1 aromatic carbocycles. The van der Waals surface area contributed by atoms with Gasteiger partial charge in [-0.2, -0.15) is 0 Å². The lowest BCUT2D eigenvalue weighted by Crippen LogP contribution is -2.22. The van der Waals surface area contributed by atoms with Gasteiger partial charge >= 0.3 is 0 Å². The first-order valence-corrected chi connectivity index (χ1v) is 5.85. The third-order valence-corrected chi connectivity index (χ3v) is 3.56. The minimum absolute atomic E-state index is 0.243. The second kappa shape index (κ2) is 4.03. The highest BCUT2D eigenvalue weighted by Gasteiger charge is 2.27. The predicted octanol–water partition coefficient (Wildman–Crippen LogP) is 4.09. The molecule has 0 radical (unpaired) electrons. The van der Waals surface area contributed by atoms with Crippen LogP contribution in [0.25, 0.3) is 0 Å². The van der Waals surface area contributed by atoms with Gasteiger partial charge in [0.2, 0.25) is 0 Å². The van der Waals surface area contributed by atoms with E-state index < -0.39 is 0 Å². The van der Waals surface area contributed by atoms with Crippen LogP contribution in [0.4, 0.5) is 0 Å². The van der Waals surface area contributed by atoms with E-state index in [-0.39, 0.29) is 11.7 Å². The number of hydrogen-bond donors (Lipinski definition) is 0. The topological polar surface area (TPSA) is 17.1 Å². The molecular formula is C11H10BrClO. The summed E-state index contributed by atoms with van der Waals surface area (Å²) >= 11 is 9.17. The van der Waals surface area contributed by atoms with Crippen LogP contribution in [0.2, 0.25) is 5.02 Å². The summed E-state index contributed by atoms with van der Waals surface area (Å²) in [7, 11) is 0. The molecule has 2 rings (SSSR count). The maximum atomic E-state index is 11.9. The van der Waals surface area contributed by atoms with Gasteiger partial charge in [0, 0.05) is 21.0 Å². The maximum Gasteiger partial charge on any atom is 0.167 e. The minimum Gasteiger partial charge on any atom is -0.294 e. The fraction of sp³-hybridized carbons (Fsp3) is 0.364. The Morgan fingerprint density at radius 1 is 1.43 bits per heavy atom. The van der Waals surface area contributed by atoms with Crippen molar-refractivity contribution in [2.45, 2.75) is 19.3 Å². The fourth-order valence-corrected chi connectivity index (χ4v) is 2.46. The Morgan fingerprint density at radius 3 is 2.64 bits per heavy atom. The van der Waals surface area contributed by atoms with E-state index in [2.05, 4.69) is 15.9 Å². The SMILES string of the molecule is O=C(c1ccc(Cl)cc1Br)C1CCC1. The normalized spacial score (nSPS) is 16.4. The molecule has 3 heteroatoms. The molecule has 74 valence electrons. The van der Waals surface area contributed by atoms with Crippen molar-refractivity contribution >= 4 is 33.3 Å². The van der Waals surface area contributed by atoms with E-state index in [1.165, 1.54) is 6.42 Å². The van der Waals surface area contributed by atoms with Gasteiger partial charge in [-0.15, -0.1) is 0 Å². The van der Waals surface area contributed by atoms with Crippen LogP contribution in [0.5, 0.6) is 0 Å². The zero-order valence-electron chi connectivity index (χ0n) is 7.59. The van der Waals surface area contributed by atoms with Crippen LogP contribution in [-0.4, -0.2) is 5.78 Å². The second-order valence-electron chi connectivity index (χ2n) is 3.62. The molecule has 14 heavy (non-hydrogen) atoms. The molecular weight excluding hydrogens is 263 g/mol. The van der Waals surface area contributed by atoms with E-state index in [9.17, 15) is 4.79 Å². The van der Waals surface area contributed by atoms with Crippen molar-refractivity contribution in [1.82, 2.24) is 0 Å². The van der Waals surface area contributed by atoms with E-state index in [0.717, 1.165) is 22.9 Å². The molecule has 1 fully saturated rings. The number of carbonyl (C=O) groups excluding carboxylic acids is 1. The summed E-state index contributed by atoms with van der Waals surface area (Å²) in [5.41, 5.74) is 0.763. The lowest BCUT2D eigenvalue weighted by atomic mass is 9.80. The molecule has 0 spiro atoms. The molecule has 0 bridgehead atoms. The quantitative estimate of drug-likeness (QED) is 0.742. The first-order valence-electron chi connectivity index (χ1n) is 4.68. The highest BCUT2D eigenvalue weighted by atomic mass is 79.9. The first kappa shape index (κ1) is 10.2. The van der Waals surface area contributed by atoms with E-state index >= 15 is 0 Å². The molecule has 1 aliphatic rings. The van der Waals surface area contributed by atoms with Crippen LogP contribution in [0, 0.1) is 5.92 Å². The van der Waals surface area contributed by atoms with Gasteiger partial charge in [-0.25, -0.2) is 0 Å². The maximum absolute atomic E-state index is 11.9. The molecule has 1 aliphatic carbocycles. The van der Waals surface area contributed by atoms with Crippen molar-refractivity contribution in [3.05, 3.63) is 33.3 Å². The highest BCUT2D eigenvalue weighted by molar-refractivity contribution is 9.10. The molecule has 0 amide bonds. The first-order chi connectivity index (χ1) is 6.68. The number of carbonyl (C=O) groups is 1. The Morgan fingerprint density at radius 2 is 2.14 bits per heavy atom. The Bertz CT molecular complexity index is 372. The summed E-state index contributed by atoms with van der Waals surface area (Å²) in [5.74, 6) is 0.493. The summed E-state index contributed by atoms with van der Waals surface area (Å²) < 4.78 is 0.807. The standard InChI is InChI=1S/C11H10BrClO/c12-10-6-8(13)4-5-9(10)11(14)7-2-1-3-7/h4-7H,1-3H2. The molecule has 1 nitrogen and oxygen atoms in total. The molecule has 1 saturated carbocycles. The Hall–Kier alpha value is -0.340. The number of halogens is 2. The van der Waals surface area contributed by atoms with Gasteiger partial charge < -0.3 is 0 Å². The average Bonchev–Trinajstić information content (AvgIpc) is 2.00. The average molecular weight is 274 g/mol. The van der Waals surface area contributed by atoms with Gasteiger partial charge in [-0.3, -0.25) is 4.79 Å². The predicted molar refractivity (Wildman–Crippen MR) is 60.8 cm³/mol. The lowest BCUT2D eigenvalue weighted by molar-refractivity contribution is 0.0854. The van der Waals surface area contributed by atoms with E-state index in [4.69, 9.17) is 11.6 Å². The third kappa shape index (κ3) is 1.86. The van der Waals surface area contributed by atoms with Crippen molar-refractivity contribution in [2.24, 2.45) is 5.92 Å². The molecule has 0 saturated heterocycles. The van der Waals surface area contributed by atoms with Gasteiger partial charge in [0.05, 0.1) is 0 Å². The van der Waals surface area contributed by atoms with Crippen molar-refractivity contribution in [1.29, 1.82) is 0 Å². The van der Waals surface area contributed by atoms with Gasteiger partial charge in [-0.05, 0) is 47.0 Å². The molecule has 0 unspecified atom stereocenters. The zero-order valence-corrected chi connectivity index (χ0v) is 9.94. The summed E-state index contributed by atoms with van der Waals surface area (Å²) in [4.78, 5) is 11.9. The monoisotopic (exact) mass is 272 g/mol. The van der Waals surface area contributed by atoms with Gasteiger partial charge in [0.1, 0.15) is 0 Å². The van der Waals surface area contributed by atoms with Crippen molar-refractivity contribution in [3.8, 4) is 0 Å². The molecule has 0 aliphatic heterocycles. The number of hydrogen-bond acceptors (Lipinski definition) is 1. The van der Waals surface area contributed by atoms with E-state index in [0.29, 0.717) is 5.02 Å². The molecule has 0 N–H and O–H groups in total. The Kier molecular flexibility index (Phi) is 2.93. The highest BCUT2D eigenvalue weighted by Crippen LogP contribution is 2.32. The van der Waals surface area contributed by atoms with Crippen LogP contribution < -0.4 is 0 Å². The molecule has 0 atom stereocenters. The van der Waals surface area contributed by atoms with Crippen LogP contribution in [-0.2, 0) is 0 Å².